The van der Waals surface area contributed by atoms with E-state index >= 15 is 0 Å². The molecule has 4 aromatic heterocycles. The molecule has 0 fully saturated rings. The molecule has 0 spiro atoms. The first-order valence-corrected chi connectivity index (χ1v) is 10.6. The number of aryl methyl sites for hydroxylation is 1. The van der Waals surface area contributed by atoms with E-state index in [1.165, 1.54) is 0 Å². The smallest absolute Gasteiger partial charge is 0.337 e. The summed E-state index contributed by atoms with van der Waals surface area (Å²) in [5.74, 6) is 1.12. The summed E-state index contributed by atoms with van der Waals surface area (Å²) in [6.45, 7) is 3.43. The number of benzene rings is 1. The third-order valence-electron chi connectivity index (χ3n) is 5.32. The average molecular weight is 429 g/mol. The van der Waals surface area contributed by atoms with Gasteiger partial charge in [-0.05, 0) is 24.1 Å². The Kier molecular flexibility index (Phi) is 5.47. The predicted molar refractivity (Wildman–Crippen MR) is 120 cm³/mol. The van der Waals surface area contributed by atoms with Gasteiger partial charge in [-0.2, -0.15) is 0 Å². The van der Waals surface area contributed by atoms with Crippen molar-refractivity contribution < 1.29 is 4.74 Å². The Balaban J connectivity index is 1.57. The Labute approximate surface area is 183 Å². The minimum absolute atomic E-state index is 0.207. The van der Waals surface area contributed by atoms with E-state index in [0.29, 0.717) is 48.2 Å². The van der Waals surface area contributed by atoms with E-state index in [1.807, 2.05) is 42.5 Å². The van der Waals surface area contributed by atoms with Crippen LogP contribution in [0.1, 0.15) is 31.2 Å². The molecule has 9 heteroatoms. The largest absolute Gasteiger partial charge is 0.369 e. The number of pyridine rings is 1. The Hall–Kier alpha value is -3.85. The molecular formula is C23H23N7O2. The van der Waals surface area contributed by atoms with Gasteiger partial charge in [0.2, 0.25) is 0 Å². The lowest BCUT2D eigenvalue weighted by Crippen LogP contribution is -2.28. The second kappa shape index (κ2) is 8.72. The van der Waals surface area contributed by atoms with Crippen molar-refractivity contribution in [3.8, 4) is 11.4 Å². The van der Waals surface area contributed by atoms with Gasteiger partial charge in [0.05, 0.1) is 6.61 Å². The van der Waals surface area contributed by atoms with Crippen LogP contribution in [0.4, 0.5) is 0 Å². The molecule has 0 aliphatic rings. The van der Waals surface area contributed by atoms with E-state index in [-0.39, 0.29) is 5.69 Å². The van der Waals surface area contributed by atoms with Gasteiger partial charge in [0.15, 0.2) is 17.1 Å². The van der Waals surface area contributed by atoms with Crippen LogP contribution in [-0.4, -0.2) is 34.1 Å². The van der Waals surface area contributed by atoms with Gasteiger partial charge in [-0.3, -0.25) is 9.55 Å². The molecule has 0 saturated carbocycles. The maximum absolute atomic E-state index is 13.5. The Morgan fingerprint density at radius 1 is 1.00 bits per heavy atom. The van der Waals surface area contributed by atoms with Crippen LogP contribution in [-0.2, 0) is 24.5 Å². The lowest BCUT2D eigenvalue weighted by molar-refractivity contribution is 0.102. The number of aromatic amines is 1. The van der Waals surface area contributed by atoms with E-state index < -0.39 is 0 Å². The van der Waals surface area contributed by atoms with Crippen molar-refractivity contribution in [1.29, 1.82) is 0 Å². The first-order valence-electron chi connectivity index (χ1n) is 10.6. The summed E-state index contributed by atoms with van der Waals surface area (Å²) >= 11 is 0. The molecule has 0 radical (unpaired) electrons. The predicted octanol–water partition coefficient (Wildman–Crippen LogP) is 3.35. The minimum atomic E-state index is -0.207. The van der Waals surface area contributed by atoms with Gasteiger partial charge in [0.1, 0.15) is 17.9 Å². The Bertz CT molecular complexity index is 1400. The zero-order chi connectivity index (χ0) is 21.9. The molecule has 0 amide bonds. The van der Waals surface area contributed by atoms with E-state index in [4.69, 9.17) is 4.74 Å². The maximum atomic E-state index is 13.5. The van der Waals surface area contributed by atoms with Crippen LogP contribution < -0.4 is 5.69 Å². The summed E-state index contributed by atoms with van der Waals surface area (Å²) in [6.07, 6.45) is 5.16. The van der Waals surface area contributed by atoms with Crippen LogP contribution in [0.2, 0.25) is 0 Å². The lowest BCUT2D eigenvalue weighted by Gasteiger charge is -2.08. The molecule has 5 rings (SSSR count). The Morgan fingerprint density at radius 2 is 1.81 bits per heavy atom. The van der Waals surface area contributed by atoms with Crippen LogP contribution in [0.3, 0.4) is 0 Å². The van der Waals surface area contributed by atoms with E-state index in [0.717, 1.165) is 24.0 Å². The fourth-order valence-corrected chi connectivity index (χ4v) is 3.72. The molecule has 0 aliphatic heterocycles. The van der Waals surface area contributed by atoms with Crippen molar-refractivity contribution in [2.24, 2.45) is 0 Å². The number of hydrogen-bond acceptors (Lipinski definition) is 6. The van der Waals surface area contributed by atoms with Crippen molar-refractivity contribution >= 4 is 16.8 Å². The quantitative estimate of drug-likeness (QED) is 0.406. The third kappa shape index (κ3) is 3.67. The van der Waals surface area contributed by atoms with E-state index in [1.54, 1.807) is 21.4 Å². The topological polar surface area (TPSA) is 103 Å². The summed E-state index contributed by atoms with van der Waals surface area (Å²) in [6, 6.07) is 13.6. The van der Waals surface area contributed by atoms with E-state index in [9.17, 15) is 4.79 Å². The molecule has 32 heavy (non-hydrogen) atoms. The van der Waals surface area contributed by atoms with Crippen LogP contribution >= 0.6 is 0 Å². The molecule has 5 aromatic rings. The Morgan fingerprint density at radius 3 is 2.59 bits per heavy atom. The second-order valence-corrected chi connectivity index (χ2v) is 7.57. The van der Waals surface area contributed by atoms with Gasteiger partial charge in [-0.25, -0.2) is 14.2 Å². The zero-order valence-corrected chi connectivity index (χ0v) is 17.7. The zero-order valence-electron chi connectivity index (χ0n) is 17.7. The molecule has 9 nitrogen and oxygen atoms in total. The second-order valence-electron chi connectivity index (χ2n) is 7.57. The number of rotatable bonds is 8. The number of H-pyrrole nitrogens is 1. The highest BCUT2D eigenvalue weighted by Crippen LogP contribution is 2.21. The number of hydrogen-bond donors (Lipinski definition) is 1. The number of nitrogens with one attached hydrogen (secondary N) is 1. The lowest BCUT2D eigenvalue weighted by atomic mass is 10.2. The van der Waals surface area contributed by atoms with Gasteiger partial charge in [0.25, 0.3) is 0 Å². The summed E-state index contributed by atoms with van der Waals surface area (Å²) in [5.41, 5.74) is 3.35. The number of fused-ring (bicyclic) bond motifs is 3. The normalized spacial score (nSPS) is 11.5. The number of nitrogens with zero attached hydrogens (tertiary/aromatic N) is 6. The molecule has 0 unspecified atom stereocenters. The summed E-state index contributed by atoms with van der Waals surface area (Å²) in [7, 11) is 0. The highest BCUT2D eigenvalue weighted by atomic mass is 16.5. The number of aromatic nitrogens is 7. The molecule has 1 aromatic carbocycles. The SMILES string of the molecule is CCCCn1c(=O)n2c(-c3ccncc3)nnc2c2[nH]c(COCc3ccccc3)nc21. The first kappa shape index (κ1) is 20.1. The standard InChI is InChI=1S/C23H23N7O2/c1-2-3-13-29-21-19(25-18(26-21)15-32-14-16-7-5-4-6-8-16)22-28-27-20(30(22)23(29)31)17-9-11-24-12-10-17/h4-12H,2-3,13-15H2,1H3,(H,25,26). The van der Waals surface area contributed by atoms with Crippen molar-refractivity contribution in [2.45, 2.75) is 39.5 Å². The molecular weight excluding hydrogens is 406 g/mol. The monoisotopic (exact) mass is 429 g/mol. The van der Waals surface area contributed by atoms with Crippen LogP contribution in [0.5, 0.6) is 0 Å². The number of ether oxygens (including phenoxy) is 1. The minimum Gasteiger partial charge on any atom is -0.369 e. The van der Waals surface area contributed by atoms with Gasteiger partial charge < -0.3 is 9.72 Å². The molecule has 0 aliphatic carbocycles. The fraction of sp³-hybridized carbons (Fsp3) is 0.261. The molecule has 1 N–H and O–H groups in total. The maximum Gasteiger partial charge on any atom is 0.337 e. The molecule has 0 saturated heterocycles. The number of unbranched alkanes of at least 4 members (excludes halogenated alkanes) is 1. The third-order valence-corrected chi connectivity index (χ3v) is 5.32. The van der Waals surface area contributed by atoms with Gasteiger partial charge in [0, 0.05) is 24.5 Å². The van der Waals surface area contributed by atoms with Crippen LogP contribution in [0.15, 0.2) is 59.7 Å². The summed E-state index contributed by atoms with van der Waals surface area (Å²) in [5, 5.41) is 8.62. The van der Waals surface area contributed by atoms with Crippen molar-refractivity contribution in [3.05, 3.63) is 76.7 Å². The first-order chi connectivity index (χ1) is 15.8. The van der Waals surface area contributed by atoms with Crippen LogP contribution in [0.25, 0.3) is 28.2 Å². The van der Waals surface area contributed by atoms with E-state index in [2.05, 4.69) is 32.1 Å². The van der Waals surface area contributed by atoms with Crippen molar-refractivity contribution in [1.82, 2.24) is 34.1 Å². The van der Waals surface area contributed by atoms with Gasteiger partial charge >= 0.3 is 5.69 Å². The molecule has 162 valence electrons. The highest BCUT2D eigenvalue weighted by Gasteiger charge is 2.20. The molecule has 0 bridgehead atoms. The van der Waals surface area contributed by atoms with Crippen molar-refractivity contribution in [3.63, 3.8) is 0 Å². The van der Waals surface area contributed by atoms with Crippen molar-refractivity contribution in [2.75, 3.05) is 0 Å². The van der Waals surface area contributed by atoms with Gasteiger partial charge in [-0.15, -0.1) is 10.2 Å². The average Bonchev–Trinajstić information content (AvgIpc) is 3.45. The molecule has 4 heterocycles. The van der Waals surface area contributed by atoms with Crippen LogP contribution in [0, 0.1) is 0 Å². The molecule has 0 atom stereocenters. The van der Waals surface area contributed by atoms with Gasteiger partial charge in [-0.1, -0.05) is 43.7 Å². The fourth-order valence-electron chi connectivity index (χ4n) is 3.72. The number of imidazole rings is 1. The summed E-state index contributed by atoms with van der Waals surface area (Å²) < 4.78 is 9.08. The highest BCUT2D eigenvalue weighted by molar-refractivity contribution is 5.86. The summed E-state index contributed by atoms with van der Waals surface area (Å²) in [4.78, 5) is 25.5.